The standard InChI is InChI=1S/C12H24N2O/c1-13-6-5-12(9-15-10-12)11-3-7-14(2)8-4-11/h11,13H,3-10H2,1-2H3. The van der Waals surface area contributed by atoms with Crippen LogP contribution in [0.15, 0.2) is 0 Å². The molecule has 0 atom stereocenters. The van der Waals surface area contributed by atoms with E-state index in [1.807, 2.05) is 7.05 Å². The highest BCUT2D eigenvalue weighted by molar-refractivity contribution is 4.94. The largest absolute Gasteiger partial charge is 0.380 e. The molecule has 15 heavy (non-hydrogen) atoms. The highest BCUT2D eigenvalue weighted by atomic mass is 16.5. The highest BCUT2D eigenvalue weighted by Gasteiger charge is 2.45. The Morgan fingerprint density at radius 2 is 2.00 bits per heavy atom. The van der Waals surface area contributed by atoms with Gasteiger partial charge in [-0.15, -0.1) is 0 Å². The first-order valence-electron chi connectivity index (χ1n) is 6.18. The molecule has 3 heteroatoms. The van der Waals surface area contributed by atoms with Crippen LogP contribution in [-0.4, -0.2) is 51.8 Å². The molecule has 88 valence electrons. The fourth-order valence-corrected chi connectivity index (χ4v) is 2.94. The Hall–Kier alpha value is -0.120. The monoisotopic (exact) mass is 212 g/mol. The van der Waals surface area contributed by atoms with E-state index >= 15 is 0 Å². The van der Waals surface area contributed by atoms with Crippen LogP contribution in [-0.2, 0) is 4.74 Å². The summed E-state index contributed by atoms with van der Waals surface area (Å²) in [4.78, 5) is 2.45. The van der Waals surface area contributed by atoms with Gasteiger partial charge in [0.25, 0.3) is 0 Å². The Kier molecular flexibility index (Phi) is 3.65. The third kappa shape index (κ3) is 2.35. The van der Waals surface area contributed by atoms with E-state index in [2.05, 4.69) is 17.3 Å². The smallest absolute Gasteiger partial charge is 0.0547 e. The van der Waals surface area contributed by atoms with Crippen molar-refractivity contribution in [1.29, 1.82) is 0 Å². The molecular weight excluding hydrogens is 188 g/mol. The molecule has 2 rings (SSSR count). The van der Waals surface area contributed by atoms with Crippen LogP contribution in [0.1, 0.15) is 19.3 Å². The number of ether oxygens (including phenoxy) is 1. The molecule has 0 unspecified atom stereocenters. The van der Waals surface area contributed by atoms with Gasteiger partial charge in [0.1, 0.15) is 0 Å². The molecule has 2 aliphatic rings. The quantitative estimate of drug-likeness (QED) is 0.751. The highest BCUT2D eigenvalue weighted by Crippen LogP contribution is 2.43. The number of likely N-dealkylation sites (tertiary alicyclic amines) is 1. The lowest BCUT2D eigenvalue weighted by atomic mass is 9.67. The Morgan fingerprint density at radius 3 is 2.47 bits per heavy atom. The van der Waals surface area contributed by atoms with Crippen molar-refractivity contribution in [1.82, 2.24) is 10.2 Å². The van der Waals surface area contributed by atoms with Crippen LogP contribution in [0.2, 0.25) is 0 Å². The lowest BCUT2D eigenvalue weighted by molar-refractivity contribution is -0.158. The van der Waals surface area contributed by atoms with E-state index in [-0.39, 0.29) is 0 Å². The first-order valence-corrected chi connectivity index (χ1v) is 6.18. The maximum Gasteiger partial charge on any atom is 0.0547 e. The van der Waals surface area contributed by atoms with Crippen molar-refractivity contribution in [2.45, 2.75) is 19.3 Å². The molecule has 2 aliphatic heterocycles. The first-order chi connectivity index (χ1) is 7.27. The van der Waals surface area contributed by atoms with Crippen LogP contribution >= 0.6 is 0 Å². The number of nitrogens with zero attached hydrogens (tertiary/aromatic N) is 1. The fraction of sp³-hybridized carbons (Fsp3) is 1.00. The summed E-state index contributed by atoms with van der Waals surface area (Å²) < 4.78 is 5.47. The van der Waals surface area contributed by atoms with Gasteiger partial charge in [-0.25, -0.2) is 0 Å². The normalized spacial score (nSPS) is 27.6. The summed E-state index contributed by atoms with van der Waals surface area (Å²) in [5, 5.41) is 3.27. The molecular formula is C12H24N2O. The van der Waals surface area contributed by atoms with Crippen molar-refractivity contribution < 1.29 is 4.74 Å². The zero-order valence-corrected chi connectivity index (χ0v) is 10.1. The minimum Gasteiger partial charge on any atom is -0.380 e. The summed E-state index contributed by atoms with van der Waals surface area (Å²) in [6.45, 7) is 5.68. The summed E-state index contributed by atoms with van der Waals surface area (Å²) in [7, 11) is 4.27. The second kappa shape index (κ2) is 4.81. The molecule has 0 aliphatic carbocycles. The average Bonchev–Trinajstić information content (AvgIpc) is 2.19. The third-order valence-corrected chi connectivity index (χ3v) is 4.24. The van der Waals surface area contributed by atoms with Gasteiger partial charge < -0.3 is 15.0 Å². The molecule has 2 heterocycles. The van der Waals surface area contributed by atoms with Crippen LogP contribution in [0.3, 0.4) is 0 Å². The van der Waals surface area contributed by atoms with Crippen LogP contribution in [0.25, 0.3) is 0 Å². The summed E-state index contributed by atoms with van der Waals surface area (Å²) >= 11 is 0. The van der Waals surface area contributed by atoms with E-state index in [1.165, 1.54) is 32.4 Å². The molecule has 0 amide bonds. The van der Waals surface area contributed by atoms with Crippen molar-refractivity contribution in [2.75, 3.05) is 46.9 Å². The van der Waals surface area contributed by atoms with E-state index in [0.29, 0.717) is 5.41 Å². The van der Waals surface area contributed by atoms with Gasteiger partial charge >= 0.3 is 0 Å². The van der Waals surface area contributed by atoms with Gasteiger partial charge in [0.15, 0.2) is 0 Å². The van der Waals surface area contributed by atoms with Gasteiger partial charge in [-0.05, 0) is 58.9 Å². The molecule has 0 bridgehead atoms. The van der Waals surface area contributed by atoms with Gasteiger partial charge in [0.05, 0.1) is 13.2 Å². The molecule has 0 aromatic heterocycles. The zero-order chi connectivity index (χ0) is 10.7. The van der Waals surface area contributed by atoms with E-state index in [9.17, 15) is 0 Å². The van der Waals surface area contributed by atoms with Crippen molar-refractivity contribution in [2.24, 2.45) is 11.3 Å². The minimum absolute atomic E-state index is 0.518. The van der Waals surface area contributed by atoms with Gasteiger partial charge in [-0.3, -0.25) is 0 Å². The number of hydrogen-bond donors (Lipinski definition) is 1. The molecule has 2 fully saturated rings. The molecule has 0 aromatic rings. The topological polar surface area (TPSA) is 24.5 Å². The molecule has 3 nitrogen and oxygen atoms in total. The number of piperidine rings is 1. The van der Waals surface area contributed by atoms with Crippen molar-refractivity contribution in [3.63, 3.8) is 0 Å². The molecule has 0 saturated carbocycles. The fourth-order valence-electron chi connectivity index (χ4n) is 2.94. The Balaban J connectivity index is 1.88. The number of hydrogen-bond acceptors (Lipinski definition) is 3. The first kappa shape index (κ1) is 11.4. The number of rotatable bonds is 4. The van der Waals surface area contributed by atoms with Gasteiger partial charge in [0, 0.05) is 5.41 Å². The van der Waals surface area contributed by atoms with Crippen LogP contribution < -0.4 is 5.32 Å². The van der Waals surface area contributed by atoms with E-state index < -0.39 is 0 Å². The maximum absolute atomic E-state index is 5.47. The molecule has 2 saturated heterocycles. The van der Waals surface area contributed by atoms with E-state index in [0.717, 1.165) is 25.7 Å². The lowest BCUT2D eigenvalue weighted by Gasteiger charge is -2.50. The van der Waals surface area contributed by atoms with Crippen LogP contribution in [0, 0.1) is 11.3 Å². The summed E-state index contributed by atoms with van der Waals surface area (Å²) in [6, 6.07) is 0. The second-order valence-electron chi connectivity index (χ2n) is 5.29. The van der Waals surface area contributed by atoms with Crippen LogP contribution in [0.4, 0.5) is 0 Å². The Morgan fingerprint density at radius 1 is 1.33 bits per heavy atom. The van der Waals surface area contributed by atoms with Crippen molar-refractivity contribution in [3.05, 3.63) is 0 Å². The maximum atomic E-state index is 5.47. The van der Waals surface area contributed by atoms with Crippen molar-refractivity contribution in [3.8, 4) is 0 Å². The zero-order valence-electron chi connectivity index (χ0n) is 10.1. The number of nitrogens with one attached hydrogen (secondary N) is 1. The average molecular weight is 212 g/mol. The van der Waals surface area contributed by atoms with Gasteiger partial charge in [-0.1, -0.05) is 0 Å². The summed E-state index contributed by atoms with van der Waals surface area (Å²) in [5.74, 6) is 0.899. The molecule has 1 N–H and O–H groups in total. The third-order valence-electron chi connectivity index (χ3n) is 4.24. The van der Waals surface area contributed by atoms with Crippen LogP contribution in [0.5, 0.6) is 0 Å². The summed E-state index contributed by atoms with van der Waals surface area (Å²) in [6.07, 6.45) is 4.02. The Bertz CT molecular complexity index is 196. The van der Waals surface area contributed by atoms with Gasteiger partial charge in [0.2, 0.25) is 0 Å². The SMILES string of the molecule is CNCCC1(C2CCN(C)CC2)COC1. The predicted octanol–water partition coefficient (Wildman–Crippen LogP) is 0.954. The van der Waals surface area contributed by atoms with Gasteiger partial charge in [-0.2, -0.15) is 0 Å². The molecule has 0 aromatic carbocycles. The Labute approximate surface area is 93.2 Å². The minimum atomic E-state index is 0.518. The van der Waals surface area contributed by atoms with E-state index in [1.54, 1.807) is 0 Å². The second-order valence-corrected chi connectivity index (χ2v) is 5.29. The molecule has 0 radical (unpaired) electrons. The predicted molar refractivity (Wildman–Crippen MR) is 62.0 cm³/mol. The van der Waals surface area contributed by atoms with Crippen molar-refractivity contribution >= 4 is 0 Å². The lowest BCUT2D eigenvalue weighted by Crippen LogP contribution is -2.52. The van der Waals surface area contributed by atoms with E-state index in [4.69, 9.17) is 4.74 Å². The summed E-state index contributed by atoms with van der Waals surface area (Å²) in [5.41, 5.74) is 0.518. The molecule has 0 spiro atoms.